The van der Waals surface area contributed by atoms with E-state index in [-0.39, 0.29) is 22.7 Å². The molecule has 0 bridgehead atoms. The summed E-state index contributed by atoms with van der Waals surface area (Å²) in [6, 6.07) is 8.34. The molecule has 3 aromatic rings. The van der Waals surface area contributed by atoms with Crippen molar-refractivity contribution in [1.29, 1.82) is 0 Å². The fourth-order valence-corrected chi connectivity index (χ4v) is 5.88. The van der Waals surface area contributed by atoms with Crippen molar-refractivity contribution < 1.29 is 31.5 Å². The predicted molar refractivity (Wildman–Crippen MR) is 130 cm³/mol. The fourth-order valence-electron chi connectivity index (χ4n) is 4.29. The highest BCUT2D eigenvalue weighted by atomic mass is 32.2. The highest BCUT2D eigenvalue weighted by molar-refractivity contribution is 7.89. The molecule has 1 atom stereocenters. The Kier molecular flexibility index (Phi) is 8.10. The van der Waals surface area contributed by atoms with Gasteiger partial charge in [-0.05, 0) is 75.2 Å². The number of halogens is 2. The molecule has 0 saturated heterocycles. The lowest BCUT2D eigenvalue weighted by molar-refractivity contribution is 0.0587. The molecule has 1 aromatic heterocycles. The molecule has 3 rings (SSSR count). The number of ether oxygens (including phenoxy) is 1. The molecule has 0 N–H and O–H groups in total. The van der Waals surface area contributed by atoms with Crippen molar-refractivity contribution in [3.05, 3.63) is 88.2 Å². The van der Waals surface area contributed by atoms with Crippen LogP contribution in [-0.4, -0.2) is 42.2 Å². The van der Waals surface area contributed by atoms with Crippen molar-refractivity contribution >= 4 is 21.8 Å². The van der Waals surface area contributed by atoms with Crippen LogP contribution >= 0.6 is 0 Å². The zero-order valence-corrected chi connectivity index (χ0v) is 21.5. The van der Waals surface area contributed by atoms with Crippen LogP contribution in [0.2, 0.25) is 0 Å². The number of carbonyl (C=O) groups excluding carboxylic acids is 2. The minimum absolute atomic E-state index is 0.194. The van der Waals surface area contributed by atoms with Crippen LogP contribution < -0.4 is 0 Å². The molecule has 0 saturated carbocycles. The molecule has 1 unspecified atom stereocenters. The second-order valence-electron chi connectivity index (χ2n) is 8.34. The summed E-state index contributed by atoms with van der Waals surface area (Å²) in [4.78, 5) is 26.0. The summed E-state index contributed by atoms with van der Waals surface area (Å²) < 4.78 is 61.8. The van der Waals surface area contributed by atoms with Gasteiger partial charge in [0.25, 0.3) is 0 Å². The van der Waals surface area contributed by atoms with Crippen LogP contribution in [0.25, 0.3) is 0 Å². The van der Waals surface area contributed by atoms with Crippen LogP contribution in [0, 0.1) is 25.5 Å². The quantitative estimate of drug-likeness (QED) is 0.304. The molecule has 36 heavy (non-hydrogen) atoms. The van der Waals surface area contributed by atoms with Gasteiger partial charge in [0.15, 0.2) is 5.78 Å². The summed E-state index contributed by atoms with van der Waals surface area (Å²) >= 11 is 0. The minimum Gasteiger partial charge on any atom is -0.464 e. The van der Waals surface area contributed by atoms with Crippen molar-refractivity contribution in [3.8, 4) is 0 Å². The van der Waals surface area contributed by atoms with Crippen LogP contribution in [0.1, 0.15) is 51.5 Å². The number of ketones is 1. The Morgan fingerprint density at radius 3 is 2.03 bits per heavy atom. The van der Waals surface area contributed by atoms with E-state index >= 15 is 0 Å². The zero-order chi connectivity index (χ0) is 26.8. The van der Waals surface area contributed by atoms with E-state index in [9.17, 15) is 26.8 Å². The maximum absolute atomic E-state index is 13.8. The van der Waals surface area contributed by atoms with E-state index < -0.39 is 39.5 Å². The zero-order valence-electron chi connectivity index (χ0n) is 20.7. The van der Waals surface area contributed by atoms with Gasteiger partial charge in [-0.1, -0.05) is 12.1 Å². The van der Waals surface area contributed by atoms with Crippen molar-refractivity contribution in [2.24, 2.45) is 0 Å². The Morgan fingerprint density at radius 2 is 1.53 bits per heavy atom. The molecule has 0 amide bonds. The van der Waals surface area contributed by atoms with Gasteiger partial charge in [-0.15, -0.1) is 0 Å². The Balaban J connectivity index is 2.13. The number of rotatable bonds is 9. The fraction of sp³-hybridized carbons (Fsp3) is 0.308. The van der Waals surface area contributed by atoms with Crippen molar-refractivity contribution in [1.82, 2.24) is 8.87 Å². The molecule has 0 aliphatic heterocycles. The van der Waals surface area contributed by atoms with Gasteiger partial charge in [0.05, 0.1) is 18.0 Å². The molecule has 7 nitrogen and oxygen atoms in total. The van der Waals surface area contributed by atoms with Gasteiger partial charge in [0.2, 0.25) is 10.0 Å². The summed E-state index contributed by atoms with van der Waals surface area (Å²) in [7, 11) is -3.04. The number of hydrogen-bond acceptors (Lipinski definition) is 5. The second kappa shape index (κ2) is 10.7. The van der Waals surface area contributed by atoms with Gasteiger partial charge in [-0.2, -0.15) is 4.31 Å². The number of benzene rings is 2. The number of aromatic nitrogens is 1. The van der Waals surface area contributed by atoms with Gasteiger partial charge in [0.1, 0.15) is 17.3 Å². The van der Waals surface area contributed by atoms with Crippen molar-refractivity contribution in [2.45, 2.75) is 51.7 Å². The first-order chi connectivity index (χ1) is 16.9. The van der Waals surface area contributed by atoms with Crippen LogP contribution in [-0.2, 0) is 27.8 Å². The Bertz CT molecular complexity index is 1380. The molecule has 0 aliphatic carbocycles. The van der Waals surface area contributed by atoms with Gasteiger partial charge in [-0.25, -0.2) is 22.0 Å². The van der Waals surface area contributed by atoms with E-state index in [0.29, 0.717) is 23.4 Å². The monoisotopic (exact) mass is 518 g/mol. The number of esters is 1. The first-order valence-corrected chi connectivity index (χ1v) is 12.7. The normalized spacial score (nSPS) is 12.6. The summed E-state index contributed by atoms with van der Waals surface area (Å²) in [5.74, 6) is -2.22. The van der Waals surface area contributed by atoms with Gasteiger partial charge < -0.3 is 9.30 Å². The molecule has 0 radical (unpaired) electrons. The number of Topliss-reactive ketones (excluding diaryl/α,β-unsaturated/α-hetero) is 1. The van der Waals surface area contributed by atoms with Crippen LogP contribution in [0.4, 0.5) is 8.78 Å². The average molecular weight is 519 g/mol. The van der Waals surface area contributed by atoms with Crippen LogP contribution in [0.15, 0.2) is 53.4 Å². The number of nitrogens with zero attached hydrogens (tertiary/aromatic N) is 2. The highest BCUT2D eigenvalue weighted by Crippen LogP contribution is 2.28. The third-order valence-corrected chi connectivity index (χ3v) is 8.12. The Hall–Kier alpha value is -3.37. The van der Waals surface area contributed by atoms with Gasteiger partial charge in [0, 0.05) is 24.3 Å². The lowest BCUT2D eigenvalue weighted by Gasteiger charge is -2.28. The lowest BCUT2D eigenvalue weighted by atomic mass is 10.0. The lowest BCUT2D eigenvalue weighted by Crippen LogP contribution is -2.43. The molecule has 192 valence electrons. The van der Waals surface area contributed by atoms with E-state index in [1.165, 1.54) is 38.3 Å². The molecule has 10 heteroatoms. The summed E-state index contributed by atoms with van der Waals surface area (Å²) in [6.07, 6.45) is 0. The van der Waals surface area contributed by atoms with Crippen LogP contribution in [0.5, 0.6) is 0 Å². The number of sulfonamides is 1. The number of carbonyl (C=O) groups is 2. The largest absolute Gasteiger partial charge is 0.464 e. The smallest absolute Gasteiger partial charge is 0.354 e. The average Bonchev–Trinajstić information content (AvgIpc) is 3.11. The SMILES string of the molecule is CCn1c(C)c(C(=O)C(C)N(Cc2ccc(F)cc2)S(=O)(=O)c2ccc(F)cc2)c(C)c1C(=O)OC. The molecule has 0 spiro atoms. The van der Waals surface area contributed by atoms with E-state index in [1.54, 1.807) is 18.4 Å². The minimum atomic E-state index is -4.28. The molecular formula is C26H28F2N2O5S. The standard InChI is InChI=1S/C26H28F2N2O5S/c1-6-29-17(3)23(16(2)24(29)26(32)35-5)25(31)18(4)30(15-19-7-9-20(27)10-8-19)36(33,34)22-13-11-21(28)12-14-22/h7-14,18H,6,15H2,1-5H3. The van der Waals surface area contributed by atoms with Crippen LogP contribution in [0.3, 0.4) is 0 Å². The highest BCUT2D eigenvalue weighted by Gasteiger charge is 2.36. The molecule has 0 aliphatic rings. The van der Waals surface area contributed by atoms with Crippen molar-refractivity contribution in [3.63, 3.8) is 0 Å². The summed E-state index contributed by atoms with van der Waals surface area (Å²) in [5.41, 5.74) is 1.80. The van der Waals surface area contributed by atoms with E-state index in [4.69, 9.17) is 4.74 Å². The first kappa shape index (κ1) is 27.2. The summed E-state index contributed by atoms with van der Waals surface area (Å²) in [5, 5.41) is 0. The Morgan fingerprint density at radius 1 is 1.00 bits per heavy atom. The van der Waals surface area contributed by atoms with Gasteiger partial charge >= 0.3 is 5.97 Å². The predicted octanol–water partition coefficient (Wildman–Crippen LogP) is 4.65. The topological polar surface area (TPSA) is 85.7 Å². The molecule has 2 aromatic carbocycles. The molecule has 0 fully saturated rings. The van der Waals surface area contributed by atoms with Gasteiger partial charge in [-0.3, -0.25) is 4.79 Å². The molecule has 1 heterocycles. The molecular weight excluding hydrogens is 490 g/mol. The maximum Gasteiger partial charge on any atom is 0.354 e. The third kappa shape index (κ3) is 5.10. The first-order valence-electron chi connectivity index (χ1n) is 11.3. The number of methoxy groups -OCH3 is 1. The number of hydrogen-bond donors (Lipinski definition) is 0. The summed E-state index contributed by atoms with van der Waals surface area (Å²) in [6.45, 7) is 6.73. The Labute approximate surface area is 209 Å². The second-order valence-corrected chi connectivity index (χ2v) is 10.2. The van der Waals surface area contributed by atoms with E-state index in [1.807, 2.05) is 6.92 Å². The maximum atomic E-state index is 13.8. The van der Waals surface area contributed by atoms with E-state index in [2.05, 4.69) is 0 Å². The van der Waals surface area contributed by atoms with E-state index in [0.717, 1.165) is 28.6 Å². The third-order valence-electron chi connectivity index (χ3n) is 6.19. The van der Waals surface area contributed by atoms with Crippen molar-refractivity contribution in [2.75, 3.05) is 7.11 Å².